The minimum absolute atomic E-state index is 0.194. The molecule has 0 aliphatic carbocycles. The molecule has 0 amide bonds. The molecule has 9 nitrogen and oxygen atoms in total. The minimum Gasteiger partial charge on any atom is -0.595 e. The van der Waals surface area contributed by atoms with Crippen molar-refractivity contribution in [1.29, 1.82) is 0 Å². The van der Waals surface area contributed by atoms with Gasteiger partial charge in [0.2, 0.25) is 0 Å². The molecule has 1 aromatic carbocycles. The third kappa shape index (κ3) is 16.8. The van der Waals surface area contributed by atoms with E-state index in [1.165, 1.54) is 7.11 Å². The molecule has 0 aliphatic rings. The quantitative estimate of drug-likeness (QED) is 0.262. The highest BCUT2D eigenvalue weighted by atomic mass is 79.9. The van der Waals surface area contributed by atoms with E-state index >= 15 is 0 Å². The van der Waals surface area contributed by atoms with Crippen molar-refractivity contribution in [3.8, 4) is 0 Å². The standard InChI is InChI=1S/C10H15NO4.C5H11BrO2.C4H10O2/c1-14-6-8-3-4-9(7-15-2)10(5-8)11(12)13;1-7-4-5(3-6)8-2;1-5-3-4-6-2/h3-5,11-12H,6-7H2,1-2H3;5H,3-4H2,1-2H3;3-4H2,1-2H3. The lowest BCUT2D eigenvalue weighted by Crippen LogP contribution is -2.99. The van der Waals surface area contributed by atoms with Crippen LogP contribution in [0.25, 0.3) is 0 Å². The molecular formula is C19H36BrNO8. The van der Waals surface area contributed by atoms with Gasteiger partial charge in [-0.1, -0.05) is 28.1 Å². The molecule has 1 rings (SSSR count). The van der Waals surface area contributed by atoms with Crippen molar-refractivity contribution in [2.24, 2.45) is 0 Å². The number of quaternary nitrogens is 1. The SMILES string of the molecule is COCC(CBr)OC.COCCOC.COCc1ccc(COC)c([NH+]([O-])O)c1. The van der Waals surface area contributed by atoms with E-state index in [0.717, 1.165) is 10.9 Å². The number of alkyl halides is 1. The van der Waals surface area contributed by atoms with Gasteiger partial charge in [-0.25, -0.2) is 5.21 Å². The molecule has 0 saturated carbocycles. The predicted molar refractivity (Wildman–Crippen MR) is 114 cm³/mol. The van der Waals surface area contributed by atoms with Crippen molar-refractivity contribution >= 4 is 21.6 Å². The number of halogens is 1. The molecule has 0 spiro atoms. The molecule has 0 heterocycles. The number of benzene rings is 1. The van der Waals surface area contributed by atoms with Gasteiger partial charge in [-0.3, -0.25) is 0 Å². The Morgan fingerprint density at radius 1 is 0.931 bits per heavy atom. The molecule has 0 bridgehead atoms. The number of rotatable bonds is 12. The molecule has 2 unspecified atom stereocenters. The van der Waals surface area contributed by atoms with Crippen LogP contribution in [0.1, 0.15) is 11.1 Å². The Balaban J connectivity index is 0. The summed E-state index contributed by atoms with van der Waals surface area (Å²) in [6.45, 7) is 2.75. The molecule has 0 saturated heterocycles. The fraction of sp³-hybridized carbons (Fsp3) is 0.684. The highest BCUT2D eigenvalue weighted by Crippen LogP contribution is 2.15. The lowest BCUT2D eigenvalue weighted by molar-refractivity contribution is -0.991. The smallest absolute Gasteiger partial charge is 0.169 e. The van der Waals surface area contributed by atoms with Crippen LogP contribution in [0.4, 0.5) is 5.69 Å². The third-order valence-electron chi connectivity index (χ3n) is 3.37. The molecule has 0 aliphatic heterocycles. The first kappa shape index (κ1) is 30.5. The zero-order chi connectivity index (χ0) is 22.5. The molecule has 2 N–H and O–H groups in total. The van der Waals surface area contributed by atoms with E-state index in [1.54, 1.807) is 47.7 Å². The molecule has 10 heteroatoms. The second-order valence-electron chi connectivity index (χ2n) is 5.62. The lowest BCUT2D eigenvalue weighted by atomic mass is 10.1. The maximum absolute atomic E-state index is 11.0. The Morgan fingerprint density at radius 3 is 1.86 bits per heavy atom. The van der Waals surface area contributed by atoms with E-state index in [9.17, 15) is 5.21 Å². The fourth-order valence-corrected chi connectivity index (χ4v) is 2.34. The molecule has 1 aromatic rings. The van der Waals surface area contributed by atoms with Crippen LogP contribution in [0.5, 0.6) is 0 Å². The zero-order valence-corrected chi connectivity index (χ0v) is 19.8. The van der Waals surface area contributed by atoms with Gasteiger partial charge in [-0.05, 0) is 5.56 Å². The molecule has 0 aromatic heterocycles. The van der Waals surface area contributed by atoms with E-state index in [-0.39, 0.29) is 11.8 Å². The summed E-state index contributed by atoms with van der Waals surface area (Å²) in [5.74, 6) is 0. The summed E-state index contributed by atoms with van der Waals surface area (Å²) >= 11 is 3.27. The Bertz CT molecular complexity index is 472. The van der Waals surface area contributed by atoms with Gasteiger partial charge < -0.3 is 33.6 Å². The first-order valence-corrected chi connectivity index (χ1v) is 9.96. The molecule has 0 fully saturated rings. The van der Waals surface area contributed by atoms with Crippen LogP contribution in [0.3, 0.4) is 0 Å². The largest absolute Gasteiger partial charge is 0.595 e. The van der Waals surface area contributed by atoms with E-state index in [2.05, 4.69) is 25.4 Å². The van der Waals surface area contributed by atoms with Gasteiger partial charge in [-0.15, -0.1) is 0 Å². The Morgan fingerprint density at radius 2 is 1.52 bits per heavy atom. The maximum Gasteiger partial charge on any atom is 0.169 e. The summed E-state index contributed by atoms with van der Waals surface area (Å²) < 4.78 is 29.0. The molecule has 29 heavy (non-hydrogen) atoms. The van der Waals surface area contributed by atoms with Gasteiger partial charge in [0.1, 0.15) is 0 Å². The first-order valence-electron chi connectivity index (χ1n) is 8.84. The van der Waals surface area contributed by atoms with Crippen molar-refractivity contribution in [1.82, 2.24) is 0 Å². The van der Waals surface area contributed by atoms with E-state index < -0.39 is 5.23 Å². The highest BCUT2D eigenvalue weighted by molar-refractivity contribution is 9.09. The van der Waals surface area contributed by atoms with Crippen LogP contribution >= 0.6 is 15.9 Å². The van der Waals surface area contributed by atoms with Gasteiger partial charge in [0.05, 0.1) is 39.1 Å². The van der Waals surface area contributed by atoms with Crippen LogP contribution < -0.4 is 5.23 Å². The van der Waals surface area contributed by atoms with Crippen LogP contribution in [0.15, 0.2) is 18.2 Å². The third-order valence-corrected chi connectivity index (χ3v) is 4.09. The van der Waals surface area contributed by atoms with Crippen molar-refractivity contribution in [2.75, 3.05) is 67.8 Å². The fourth-order valence-electron chi connectivity index (χ4n) is 1.89. The van der Waals surface area contributed by atoms with E-state index in [4.69, 9.17) is 24.2 Å². The van der Waals surface area contributed by atoms with Gasteiger partial charge in [0.25, 0.3) is 0 Å². The average molecular weight is 486 g/mol. The highest BCUT2D eigenvalue weighted by Gasteiger charge is 2.09. The van der Waals surface area contributed by atoms with Crippen LogP contribution in [-0.4, -0.2) is 79.1 Å². The van der Waals surface area contributed by atoms with Crippen molar-refractivity contribution in [2.45, 2.75) is 19.3 Å². The molecule has 172 valence electrons. The Hall–Kier alpha value is -0.660. The van der Waals surface area contributed by atoms with Crippen molar-refractivity contribution in [3.05, 3.63) is 34.5 Å². The van der Waals surface area contributed by atoms with Crippen molar-refractivity contribution < 1.29 is 38.9 Å². The van der Waals surface area contributed by atoms with Gasteiger partial charge in [0, 0.05) is 59.6 Å². The lowest BCUT2D eigenvalue weighted by Gasteiger charge is -2.16. The maximum atomic E-state index is 11.0. The monoisotopic (exact) mass is 485 g/mol. The summed E-state index contributed by atoms with van der Waals surface area (Å²) in [4.78, 5) is 0. The van der Waals surface area contributed by atoms with Crippen LogP contribution in [0, 0.1) is 5.21 Å². The number of hydrogen-bond donors (Lipinski definition) is 2. The summed E-state index contributed by atoms with van der Waals surface area (Å²) in [6.07, 6.45) is 0.194. The predicted octanol–water partition coefficient (Wildman–Crippen LogP) is 1.70. The van der Waals surface area contributed by atoms with Crippen LogP contribution in [0.2, 0.25) is 0 Å². The summed E-state index contributed by atoms with van der Waals surface area (Å²) in [5.41, 5.74) is 1.78. The Labute approximate surface area is 182 Å². The summed E-state index contributed by atoms with van der Waals surface area (Å²) in [6, 6.07) is 5.20. The zero-order valence-electron chi connectivity index (χ0n) is 18.2. The van der Waals surface area contributed by atoms with Crippen molar-refractivity contribution in [3.63, 3.8) is 0 Å². The van der Waals surface area contributed by atoms with Gasteiger partial charge in [-0.2, -0.15) is 5.23 Å². The topological polar surface area (TPSA) is 103 Å². The van der Waals surface area contributed by atoms with E-state index in [0.29, 0.717) is 38.6 Å². The number of nitrogens with one attached hydrogen (secondary N) is 1. The normalized spacial score (nSPS) is 12.3. The minimum atomic E-state index is -0.944. The Kier molecular flexibility index (Phi) is 23.2. The summed E-state index contributed by atoms with van der Waals surface area (Å²) in [7, 11) is 9.75. The number of ether oxygens (including phenoxy) is 6. The van der Waals surface area contributed by atoms with Gasteiger partial charge in [0.15, 0.2) is 5.69 Å². The average Bonchev–Trinajstić information content (AvgIpc) is 2.72. The first-order chi connectivity index (χ1) is 13.9. The molecule has 2 atom stereocenters. The number of methoxy groups -OCH3 is 6. The van der Waals surface area contributed by atoms with E-state index in [1.807, 2.05) is 6.07 Å². The van der Waals surface area contributed by atoms with Gasteiger partial charge >= 0.3 is 0 Å². The number of hydrogen-bond acceptors (Lipinski definition) is 8. The van der Waals surface area contributed by atoms with Crippen LogP contribution in [-0.2, 0) is 41.6 Å². The second-order valence-corrected chi connectivity index (χ2v) is 6.26. The summed E-state index contributed by atoms with van der Waals surface area (Å²) in [5, 5.41) is 19.8. The molecule has 0 radical (unpaired) electrons. The molecular weight excluding hydrogens is 450 g/mol. The second kappa shape index (κ2) is 22.0.